The van der Waals surface area contributed by atoms with Crippen molar-refractivity contribution in [3.8, 4) is 0 Å². The Morgan fingerprint density at radius 1 is 0.833 bits per heavy atom. The standard InChI is InChI=1S/C12H23/c1-3-5-7-9-11-12-10-8-6-4-2/h1,4-12H2,2H3. The zero-order valence-electron chi connectivity index (χ0n) is 8.57. The van der Waals surface area contributed by atoms with Crippen molar-refractivity contribution in [1.29, 1.82) is 0 Å². The number of hydrogen-bond donors (Lipinski definition) is 0. The summed E-state index contributed by atoms with van der Waals surface area (Å²) in [4.78, 5) is 0. The maximum atomic E-state index is 3.59. The molecule has 0 unspecified atom stereocenters. The fourth-order valence-electron chi connectivity index (χ4n) is 1.38. The van der Waals surface area contributed by atoms with Crippen LogP contribution in [-0.2, 0) is 0 Å². The second-order valence-electron chi connectivity index (χ2n) is 3.47. The van der Waals surface area contributed by atoms with Crippen LogP contribution in [0, 0.1) is 6.08 Å². The van der Waals surface area contributed by atoms with E-state index < -0.39 is 0 Å². The topological polar surface area (TPSA) is 0 Å². The van der Waals surface area contributed by atoms with E-state index >= 15 is 0 Å². The molecule has 0 aromatic rings. The zero-order valence-corrected chi connectivity index (χ0v) is 8.57. The normalized spacial score (nSPS) is 10.1. The Morgan fingerprint density at radius 2 is 1.33 bits per heavy atom. The van der Waals surface area contributed by atoms with E-state index in [4.69, 9.17) is 0 Å². The minimum Gasteiger partial charge on any atom is -0.0956 e. The molecule has 0 saturated carbocycles. The van der Waals surface area contributed by atoms with Gasteiger partial charge in [-0.2, -0.15) is 0 Å². The monoisotopic (exact) mass is 167 g/mol. The molecule has 12 heavy (non-hydrogen) atoms. The summed E-state index contributed by atoms with van der Waals surface area (Å²) in [6, 6.07) is 0. The molecule has 0 amide bonds. The van der Waals surface area contributed by atoms with E-state index in [1.807, 2.05) is 0 Å². The Kier molecular flexibility index (Phi) is 10.5. The summed E-state index contributed by atoms with van der Waals surface area (Å²) in [5.74, 6) is 0. The lowest BCUT2D eigenvalue weighted by molar-refractivity contribution is 0.576. The Balaban J connectivity index is 2.77. The molecule has 0 aliphatic carbocycles. The quantitative estimate of drug-likeness (QED) is 0.443. The van der Waals surface area contributed by atoms with Crippen LogP contribution < -0.4 is 0 Å². The minimum absolute atomic E-state index is 1.08. The fraction of sp³-hybridized carbons (Fsp3) is 0.833. The van der Waals surface area contributed by atoms with Crippen molar-refractivity contribution in [2.45, 2.75) is 64.7 Å². The van der Waals surface area contributed by atoms with E-state index in [2.05, 4.69) is 19.6 Å². The highest BCUT2D eigenvalue weighted by Gasteiger charge is 1.89. The predicted octanol–water partition coefficient (Wildman–Crippen LogP) is 4.51. The van der Waals surface area contributed by atoms with Crippen molar-refractivity contribution < 1.29 is 0 Å². The van der Waals surface area contributed by atoms with Crippen LogP contribution in [0.5, 0.6) is 0 Å². The van der Waals surface area contributed by atoms with Crippen LogP contribution in [0.15, 0.2) is 6.58 Å². The van der Waals surface area contributed by atoms with Crippen LogP contribution in [0.3, 0.4) is 0 Å². The molecular weight excluding hydrogens is 144 g/mol. The average molecular weight is 167 g/mol. The Hall–Kier alpha value is -0.260. The van der Waals surface area contributed by atoms with E-state index in [0.717, 1.165) is 6.42 Å². The summed E-state index contributed by atoms with van der Waals surface area (Å²) in [5.41, 5.74) is 0. The van der Waals surface area contributed by atoms with Gasteiger partial charge in [0.25, 0.3) is 0 Å². The lowest BCUT2D eigenvalue weighted by atomic mass is 10.1. The third kappa shape index (κ3) is 9.74. The summed E-state index contributed by atoms with van der Waals surface area (Å²) < 4.78 is 0. The van der Waals surface area contributed by atoms with E-state index in [1.54, 1.807) is 0 Å². The summed E-state index contributed by atoms with van der Waals surface area (Å²) in [6.45, 7) is 5.86. The first-order chi connectivity index (χ1) is 5.91. The van der Waals surface area contributed by atoms with Crippen molar-refractivity contribution in [3.63, 3.8) is 0 Å². The van der Waals surface area contributed by atoms with Gasteiger partial charge in [0.1, 0.15) is 0 Å². The average Bonchev–Trinajstić information content (AvgIpc) is 2.10. The lowest BCUT2D eigenvalue weighted by Crippen LogP contribution is -1.79. The molecule has 0 heteroatoms. The molecule has 71 valence electrons. The van der Waals surface area contributed by atoms with Crippen molar-refractivity contribution in [2.75, 3.05) is 0 Å². The Morgan fingerprint density at radius 3 is 1.83 bits per heavy atom. The van der Waals surface area contributed by atoms with Gasteiger partial charge in [-0.3, -0.25) is 0 Å². The molecule has 0 aromatic carbocycles. The second-order valence-corrected chi connectivity index (χ2v) is 3.47. The third-order valence-corrected chi connectivity index (χ3v) is 2.21. The molecule has 0 bridgehead atoms. The maximum Gasteiger partial charge on any atom is -0.0282 e. The van der Waals surface area contributed by atoms with Gasteiger partial charge >= 0.3 is 0 Å². The second kappa shape index (κ2) is 10.7. The van der Waals surface area contributed by atoms with Crippen LogP contribution in [0.1, 0.15) is 64.7 Å². The van der Waals surface area contributed by atoms with Gasteiger partial charge in [-0.25, -0.2) is 0 Å². The first-order valence-electron chi connectivity index (χ1n) is 5.41. The van der Waals surface area contributed by atoms with E-state index in [9.17, 15) is 0 Å². The lowest BCUT2D eigenvalue weighted by Gasteiger charge is -1.99. The first-order valence-corrected chi connectivity index (χ1v) is 5.41. The van der Waals surface area contributed by atoms with Gasteiger partial charge in [0.05, 0.1) is 0 Å². The Bertz CT molecular complexity index is 84.0. The van der Waals surface area contributed by atoms with Gasteiger partial charge in [0, 0.05) is 0 Å². The molecule has 0 atom stereocenters. The van der Waals surface area contributed by atoms with Crippen LogP contribution in [-0.4, -0.2) is 0 Å². The summed E-state index contributed by atoms with van der Waals surface area (Å²) >= 11 is 0. The summed E-state index contributed by atoms with van der Waals surface area (Å²) in [5, 5.41) is 0. The summed E-state index contributed by atoms with van der Waals surface area (Å²) in [6.07, 6.45) is 15.1. The number of allylic oxidation sites excluding steroid dienone is 1. The van der Waals surface area contributed by atoms with Crippen molar-refractivity contribution >= 4 is 0 Å². The largest absolute Gasteiger partial charge is 0.0956 e. The molecular formula is C12H23. The molecule has 0 heterocycles. The van der Waals surface area contributed by atoms with Gasteiger partial charge in [0.2, 0.25) is 0 Å². The summed E-state index contributed by atoms with van der Waals surface area (Å²) in [7, 11) is 0. The molecule has 0 aliphatic heterocycles. The van der Waals surface area contributed by atoms with Crippen molar-refractivity contribution in [2.24, 2.45) is 0 Å². The third-order valence-electron chi connectivity index (χ3n) is 2.21. The molecule has 0 fully saturated rings. The molecule has 0 aromatic heterocycles. The predicted molar refractivity (Wildman–Crippen MR) is 56.1 cm³/mol. The first kappa shape index (κ1) is 11.7. The molecule has 0 spiro atoms. The Labute approximate surface area is 78.1 Å². The highest BCUT2D eigenvalue weighted by molar-refractivity contribution is 4.55. The maximum absolute atomic E-state index is 3.59. The fourth-order valence-corrected chi connectivity index (χ4v) is 1.38. The molecule has 0 rings (SSSR count). The van der Waals surface area contributed by atoms with Crippen LogP contribution >= 0.6 is 0 Å². The number of unbranched alkanes of at least 4 members (excludes halogenated alkanes) is 8. The molecule has 0 aliphatic rings. The minimum atomic E-state index is 1.08. The zero-order chi connectivity index (χ0) is 9.07. The van der Waals surface area contributed by atoms with Gasteiger partial charge in [0.15, 0.2) is 0 Å². The van der Waals surface area contributed by atoms with E-state index in [0.29, 0.717) is 0 Å². The van der Waals surface area contributed by atoms with Crippen molar-refractivity contribution in [3.05, 3.63) is 12.7 Å². The highest BCUT2D eigenvalue weighted by atomic mass is 14.0. The van der Waals surface area contributed by atoms with Gasteiger partial charge in [-0.1, -0.05) is 64.5 Å². The molecule has 1 radical (unpaired) electrons. The van der Waals surface area contributed by atoms with Crippen LogP contribution in [0.2, 0.25) is 0 Å². The highest BCUT2D eigenvalue weighted by Crippen LogP contribution is 2.09. The molecule has 0 N–H and O–H groups in total. The molecule has 0 saturated heterocycles. The SMILES string of the molecule is C=[C]CCCCCCCCCC. The van der Waals surface area contributed by atoms with Gasteiger partial charge in [-0.05, 0) is 12.8 Å². The number of hydrogen-bond acceptors (Lipinski definition) is 0. The van der Waals surface area contributed by atoms with Crippen LogP contribution in [0.25, 0.3) is 0 Å². The van der Waals surface area contributed by atoms with E-state index in [1.165, 1.54) is 51.4 Å². The smallest absolute Gasteiger partial charge is 0.0282 e. The van der Waals surface area contributed by atoms with Gasteiger partial charge in [-0.15, -0.1) is 0 Å². The van der Waals surface area contributed by atoms with Gasteiger partial charge < -0.3 is 0 Å². The number of rotatable bonds is 9. The van der Waals surface area contributed by atoms with E-state index in [-0.39, 0.29) is 0 Å². The van der Waals surface area contributed by atoms with Crippen molar-refractivity contribution in [1.82, 2.24) is 0 Å². The van der Waals surface area contributed by atoms with Crippen LogP contribution in [0.4, 0.5) is 0 Å². The molecule has 0 nitrogen and oxygen atoms in total.